The summed E-state index contributed by atoms with van der Waals surface area (Å²) in [6.45, 7) is 8.56. The average molecular weight is 372 g/mol. The molecular formula is C21H28N2O4. The number of ketones is 1. The zero-order valence-electron chi connectivity index (χ0n) is 16.4. The number of hydrogen-bond acceptors (Lipinski definition) is 4. The fourth-order valence-corrected chi connectivity index (χ4v) is 4.27. The van der Waals surface area contributed by atoms with Gasteiger partial charge in [-0.1, -0.05) is 45.9 Å². The van der Waals surface area contributed by atoms with Crippen LogP contribution in [0.1, 0.15) is 44.5 Å². The minimum atomic E-state index is -0.592. The molecule has 2 aliphatic heterocycles. The summed E-state index contributed by atoms with van der Waals surface area (Å²) in [5.74, 6) is 0.142. The van der Waals surface area contributed by atoms with Crippen molar-refractivity contribution in [2.24, 2.45) is 11.8 Å². The van der Waals surface area contributed by atoms with Gasteiger partial charge in [0.05, 0.1) is 12.6 Å². The number of Topliss-reactive ketones (excluding diaryl/α,β-unsaturated/α-hetero) is 1. The van der Waals surface area contributed by atoms with Gasteiger partial charge < -0.3 is 9.64 Å². The molecule has 2 atom stereocenters. The number of hydrogen-bond donors (Lipinski definition) is 0. The standard InChI is InChI=1S/C21H28N2O4/c1-13(2)19(14(3)4)27-21(26)22-11-10-16-18(22)17(24)12-23(16)20(25)15-8-6-5-7-9-15/h5-9,13-14,16,18-19H,10-12H2,1-4H3/t16-,18+/m1/s1. The second-order valence-electron chi connectivity index (χ2n) is 8.10. The van der Waals surface area contributed by atoms with Gasteiger partial charge in [-0.2, -0.15) is 0 Å². The number of nitrogens with zero attached hydrogens (tertiary/aromatic N) is 2. The summed E-state index contributed by atoms with van der Waals surface area (Å²) in [7, 11) is 0. The van der Waals surface area contributed by atoms with Gasteiger partial charge in [-0.05, 0) is 30.4 Å². The molecule has 2 heterocycles. The lowest BCUT2D eigenvalue weighted by Gasteiger charge is -2.29. The summed E-state index contributed by atoms with van der Waals surface area (Å²) in [5, 5.41) is 0. The van der Waals surface area contributed by atoms with E-state index in [0.717, 1.165) is 0 Å². The van der Waals surface area contributed by atoms with Crippen LogP contribution in [0, 0.1) is 11.8 Å². The zero-order valence-corrected chi connectivity index (χ0v) is 16.4. The molecule has 2 saturated heterocycles. The van der Waals surface area contributed by atoms with Crippen molar-refractivity contribution in [1.29, 1.82) is 0 Å². The van der Waals surface area contributed by atoms with Crippen LogP contribution in [0.4, 0.5) is 4.79 Å². The van der Waals surface area contributed by atoms with E-state index in [1.807, 2.05) is 33.8 Å². The van der Waals surface area contributed by atoms with Gasteiger partial charge in [0, 0.05) is 12.1 Å². The summed E-state index contributed by atoms with van der Waals surface area (Å²) >= 11 is 0. The molecule has 1 aromatic carbocycles. The van der Waals surface area contributed by atoms with Gasteiger partial charge in [0.1, 0.15) is 12.1 Å². The molecule has 2 fully saturated rings. The van der Waals surface area contributed by atoms with Crippen LogP contribution < -0.4 is 0 Å². The van der Waals surface area contributed by atoms with Crippen LogP contribution in [0.2, 0.25) is 0 Å². The third-order valence-electron chi connectivity index (χ3n) is 5.49. The molecule has 0 bridgehead atoms. The number of likely N-dealkylation sites (tertiary alicyclic amines) is 2. The van der Waals surface area contributed by atoms with Gasteiger partial charge >= 0.3 is 6.09 Å². The maximum absolute atomic E-state index is 12.8. The average Bonchev–Trinajstić information content (AvgIpc) is 3.20. The number of fused-ring (bicyclic) bond motifs is 1. The molecule has 27 heavy (non-hydrogen) atoms. The van der Waals surface area contributed by atoms with Gasteiger partial charge in [-0.3, -0.25) is 14.5 Å². The highest BCUT2D eigenvalue weighted by Gasteiger charge is 2.52. The lowest BCUT2D eigenvalue weighted by Crippen LogP contribution is -2.45. The Morgan fingerprint density at radius 3 is 2.26 bits per heavy atom. The highest BCUT2D eigenvalue weighted by molar-refractivity contribution is 6.02. The number of carbonyl (C=O) groups is 3. The van der Waals surface area contributed by atoms with Crippen LogP contribution in [-0.4, -0.2) is 58.9 Å². The third kappa shape index (κ3) is 3.70. The van der Waals surface area contributed by atoms with Crippen LogP contribution in [0.3, 0.4) is 0 Å². The molecule has 6 heteroatoms. The molecule has 0 aliphatic carbocycles. The first-order chi connectivity index (χ1) is 12.8. The molecule has 0 aromatic heterocycles. The first-order valence-electron chi connectivity index (χ1n) is 9.67. The van der Waals surface area contributed by atoms with Gasteiger partial charge in [0.25, 0.3) is 5.91 Å². The highest BCUT2D eigenvalue weighted by atomic mass is 16.6. The zero-order chi connectivity index (χ0) is 19.7. The molecule has 0 saturated carbocycles. The summed E-state index contributed by atoms with van der Waals surface area (Å²) in [5.41, 5.74) is 0.562. The molecule has 0 unspecified atom stereocenters. The minimum Gasteiger partial charge on any atom is -0.446 e. The quantitative estimate of drug-likeness (QED) is 0.815. The monoisotopic (exact) mass is 372 g/mol. The predicted molar refractivity (Wildman–Crippen MR) is 101 cm³/mol. The van der Waals surface area contributed by atoms with Crippen molar-refractivity contribution in [3.63, 3.8) is 0 Å². The predicted octanol–water partition coefficient (Wildman–Crippen LogP) is 2.97. The van der Waals surface area contributed by atoms with Crippen molar-refractivity contribution in [3.05, 3.63) is 35.9 Å². The Labute approximate surface area is 160 Å². The summed E-state index contributed by atoms with van der Waals surface area (Å²) in [4.78, 5) is 41.3. The highest BCUT2D eigenvalue weighted by Crippen LogP contribution is 2.32. The summed E-state index contributed by atoms with van der Waals surface area (Å²) in [6.07, 6.45) is -0.0506. The molecule has 2 amide bonds. The van der Waals surface area contributed by atoms with Crippen molar-refractivity contribution in [2.45, 2.75) is 52.3 Å². The van der Waals surface area contributed by atoms with E-state index in [2.05, 4.69) is 0 Å². The normalized spacial score (nSPS) is 22.1. The maximum atomic E-state index is 12.8. The number of carbonyl (C=O) groups excluding carboxylic acids is 3. The van der Waals surface area contributed by atoms with E-state index in [0.29, 0.717) is 18.5 Å². The van der Waals surface area contributed by atoms with Crippen molar-refractivity contribution < 1.29 is 19.1 Å². The first kappa shape index (κ1) is 19.4. The van der Waals surface area contributed by atoms with E-state index in [1.54, 1.807) is 29.2 Å². The largest absolute Gasteiger partial charge is 0.446 e. The van der Waals surface area contributed by atoms with E-state index in [-0.39, 0.29) is 42.2 Å². The van der Waals surface area contributed by atoms with Crippen molar-refractivity contribution in [2.75, 3.05) is 13.1 Å². The van der Waals surface area contributed by atoms with Crippen LogP contribution in [-0.2, 0) is 9.53 Å². The number of amides is 2. The van der Waals surface area contributed by atoms with Crippen LogP contribution in [0.25, 0.3) is 0 Å². The van der Waals surface area contributed by atoms with Crippen LogP contribution >= 0.6 is 0 Å². The van der Waals surface area contributed by atoms with Crippen LogP contribution in [0.5, 0.6) is 0 Å². The van der Waals surface area contributed by atoms with E-state index >= 15 is 0 Å². The molecular weight excluding hydrogens is 344 g/mol. The Morgan fingerprint density at radius 1 is 1.04 bits per heavy atom. The van der Waals surface area contributed by atoms with E-state index in [4.69, 9.17) is 4.74 Å². The topological polar surface area (TPSA) is 66.9 Å². The Morgan fingerprint density at radius 2 is 1.67 bits per heavy atom. The van der Waals surface area contributed by atoms with Crippen molar-refractivity contribution >= 4 is 17.8 Å². The molecule has 0 N–H and O–H groups in total. The lowest BCUT2D eigenvalue weighted by atomic mass is 9.96. The number of rotatable bonds is 4. The maximum Gasteiger partial charge on any atom is 0.410 e. The van der Waals surface area contributed by atoms with Gasteiger partial charge in [-0.15, -0.1) is 0 Å². The molecule has 146 valence electrons. The van der Waals surface area contributed by atoms with E-state index in [9.17, 15) is 14.4 Å². The van der Waals surface area contributed by atoms with Crippen molar-refractivity contribution in [3.8, 4) is 0 Å². The Balaban J connectivity index is 1.73. The molecule has 0 spiro atoms. The Bertz CT molecular complexity index is 708. The molecule has 2 aliphatic rings. The Hall–Kier alpha value is -2.37. The first-order valence-corrected chi connectivity index (χ1v) is 9.67. The fourth-order valence-electron chi connectivity index (χ4n) is 4.27. The second kappa shape index (κ2) is 7.71. The SMILES string of the molecule is CC(C)C(OC(=O)N1CC[C@@H]2[C@H]1C(=O)CN2C(=O)c1ccccc1)C(C)C. The van der Waals surface area contributed by atoms with Crippen LogP contribution in [0.15, 0.2) is 30.3 Å². The van der Waals surface area contributed by atoms with E-state index in [1.165, 1.54) is 4.90 Å². The summed E-state index contributed by atoms with van der Waals surface area (Å²) < 4.78 is 5.73. The third-order valence-corrected chi connectivity index (χ3v) is 5.49. The number of benzene rings is 1. The second-order valence-corrected chi connectivity index (χ2v) is 8.10. The molecule has 0 radical (unpaired) electrons. The molecule has 3 rings (SSSR count). The smallest absolute Gasteiger partial charge is 0.410 e. The van der Waals surface area contributed by atoms with Gasteiger partial charge in [0.2, 0.25) is 0 Å². The van der Waals surface area contributed by atoms with Gasteiger partial charge in [-0.25, -0.2) is 4.79 Å². The van der Waals surface area contributed by atoms with E-state index < -0.39 is 12.1 Å². The van der Waals surface area contributed by atoms with Crippen molar-refractivity contribution in [1.82, 2.24) is 9.80 Å². The summed E-state index contributed by atoms with van der Waals surface area (Å²) in [6, 6.07) is 8.09. The fraction of sp³-hybridized carbons (Fsp3) is 0.571. The lowest BCUT2D eigenvalue weighted by molar-refractivity contribution is -0.120. The molecule has 1 aromatic rings. The Kier molecular flexibility index (Phi) is 5.53. The molecule has 6 nitrogen and oxygen atoms in total. The minimum absolute atomic E-state index is 0.0463. The van der Waals surface area contributed by atoms with Gasteiger partial charge in [0.15, 0.2) is 5.78 Å². The number of ether oxygens (including phenoxy) is 1.